The topological polar surface area (TPSA) is 119 Å². The maximum Gasteiger partial charge on any atom is 0.311 e. The number of nitrogens with zero attached hydrogens (tertiary/aromatic N) is 2. The molecule has 2 aromatic rings. The van der Waals surface area contributed by atoms with Crippen molar-refractivity contribution >= 4 is 29.2 Å². The summed E-state index contributed by atoms with van der Waals surface area (Å²) in [5.41, 5.74) is 1.03. The van der Waals surface area contributed by atoms with Crippen molar-refractivity contribution in [3.8, 4) is 0 Å². The van der Waals surface area contributed by atoms with Crippen molar-refractivity contribution in [2.24, 2.45) is 5.92 Å². The van der Waals surface area contributed by atoms with E-state index >= 15 is 0 Å². The van der Waals surface area contributed by atoms with Gasteiger partial charge < -0.3 is 15.0 Å². The lowest BCUT2D eigenvalue weighted by atomic mass is 10.1. The van der Waals surface area contributed by atoms with Crippen LogP contribution in [0.25, 0.3) is 0 Å². The van der Waals surface area contributed by atoms with Crippen LogP contribution in [0.2, 0.25) is 0 Å². The summed E-state index contributed by atoms with van der Waals surface area (Å²) in [6, 6.07) is 14.8. The van der Waals surface area contributed by atoms with Gasteiger partial charge in [-0.3, -0.25) is 24.5 Å². The van der Waals surface area contributed by atoms with Crippen molar-refractivity contribution in [1.29, 1.82) is 0 Å². The smallest absolute Gasteiger partial charge is 0.311 e. The van der Waals surface area contributed by atoms with Crippen LogP contribution in [0, 0.1) is 16.0 Å². The largest absolute Gasteiger partial charge is 0.455 e. The summed E-state index contributed by atoms with van der Waals surface area (Å²) in [5, 5.41) is 13.2. The molecule has 1 heterocycles. The molecule has 1 fully saturated rings. The minimum absolute atomic E-state index is 0.0303. The zero-order valence-electron chi connectivity index (χ0n) is 16.3. The number of ether oxygens (including phenoxy) is 1. The van der Waals surface area contributed by atoms with E-state index in [2.05, 4.69) is 5.32 Å². The Morgan fingerprint density at radius 3 is 2.67 bits per heavy atom. The Labute approximate surface area is 172 Å². The molecule has 156 valence electrons. The van der Waals surface area contributed by atoms with E-state index in [0.29, 0.717) is 0 Å². The number of amides is 2. The zero-order valence-corrected chi connectivity index (χ0v) is 16.3. The molecule has 2 amide bonds. The summed E-state index contributed by atoms with van der Waals surface area (Å²) in [6.45, 7) is 1.58. The number of esters is 1. The molecular weight excluding hydrogens is 390 g/mol. The molecule has 2 atom stereocenters. The van der Waals surface area contributed by atoms with Crippen LogP contribution >= 0.6 is 0 Å². The molecule has 0 aliphatic carbocycles. The molecule has 0 aromatic heterocycles. The van der Waals surface area contributed by atoms with E-state index in [-0.39, 0.29) is 36.3 Å². The number of hydrogen-bond acceptors (Lipinski definition) is 6. The Hall–Kier alpha value is -3.75. The van der Waals surface area contributed by atoms with Gasteiger partial charge in [0.25, 0.3) is 11.6 Å². The number of nitro benzene ring substituents is 1. The highest BCUT2D eigenvalue weighted by Gasteiger charge is 2.38. The van der Waals surface area contributed by atoms with Crippen LogP contribution in [0.4, 0.5) is 11.4 Å². The van der Waals surface area contributed by atoms with Crippen molar-refractivity contribution in [1.82, 2.24) is 4.90 Å². The standard InChI is InChI=1S/C21H21N3O6/c1-14(15-6-3-2-4-7-15)23-12-16(10-20(23)26)21(27)30-13-19(25)22-17-8-5-9-18(11-17)24(28)29/h2-9,11,14,16H,10,12-13H2,1H3,(H,22,25)/t14-,16+/m1/s1. The first-order valence-corrected chi connectivity index (χ1v) is 9.40. The number of nitro groups is 1. The number of hydrogen-bond donors (Lipinski definition) is 1. The Morgan fingerprint density at radius 2 is 1.97 bits per heavy atom. The molecule has 3 rings (SSSR count). The van der Waals surface area contributed by atoms with Gasteiger partial charge in [0.05, 0.1) is 16.9 Å². The molecule has 1 saturated heterocycles. The molecule has 0 spiro atoms. The normalized spacial score (nSPS) is 16.8. The van der Waals surface area contributed by atoms with Crippen LogP contribution in [0.1, 0.15) is 24.9 Å². The molecule has 1 aliphatic rings. The highest BCUT2D eigenvalue weighted by atomic mass is 16.6. The third-order valence-corrected chi connectivity index (χ3v) is 4.93. The first-order chi connectivity index (χ1) is 14.3. The fourth-order valence-electron chi connectivity index (χ4n) is 3.32. The van der Waals surface area contributed by atoms with Crippen molar-refractivity contribution in [2.75, 3.05) is 18.5 Å². The SMILES string of the molecule is C[C@H](c1ccccc1)N1C[C@@H](C(=O)OCC(=O)Nc2cccc([N+](=O)[O-])c2)CC1=O. The fourth-order valence-corrected chi connectivity index (χ4v) is 3.32. The third kappa shape index (κ3) is 4.99. The molecule has 0 bridgehead atoms. The average Bonchev–Trinajstić information content (AvgIpc) is 3.14. The van der Waals surface area contributed by atoms with E-state index in [4.69, 9.17) is 4.74 Å². The molecule has 30 heavy (non-hydrogen) atoms. The third-order valence-electron chi connectivity index (χ3n) is 4.93. The Bertz CT molecular complexity index is 962. The predicted octanol–water partition coefficient (Wildman–Crippen LogP) is 2.69. The van der Waals surface area contributed by atoms with Crippen molar-refractivity contribution in [3.05, 3.63) is 70.3 Å². The first-order valence-electron chi connectivity index (χ1n) is 9.40. The highest BCUT2D eigenvalue weighted by molar-refractivity contribution is 5.94. The maximum absolute atomic E-state index is 12.4. The summed E-state index contributed by atoms with van der Waals surface area (Å²) in [5.74, 6) is -2.04. The average molecular weight is 411 g/mol. The van der Waals surface area contributed by atoms with Crippen LogP contribution < -0.4 is 5.32 Å². The number of nitrogens with one attached hydrogen (secondary N) is 1. The molecule has 9 nitrogen and oxygen atoms in total. The molecular formula is C21H21N3O6. The molecule has 0 saturated carbocycles. The van der Waals surface area contributed by atoms with E-state index in [0.717, 1.165) is 5.56 Å². The quantitative estimate of drug-likeness (QED) is 0.425. The zero-order chi connectivity index (χ0) is 21.7. The number of rotatable bonds is 7. The lowest BCUT2D eigenvalue weighted by molar-refractivity contribution is -0.384. The summed E-state index contributed by atoms with van der Waals surface area (Å²) >= 11 is 0. The van der Waals surface area contributed by atoms with Gasteiger partial charge >= 0.3 is 5.97 Å². The van der Waals surface area contributed by atoms with Crippen molar-refractivity contribution in [2.45, 2.75) is 19.4 Å². The summed E-state index contributed by atoms with van der Waals surface area (Å²) in [6.07, 6.45) is 0.0303. The van der Waals surface area contributed by atoms with E-state index in [1.165, 1.54) is 24.3 Å². The lowest BCUT2D eigenvalue weighted by Crippen LogP contribution is -2.30. The predicted molar refractivity (Wildman–Crippen MR) is 107 cm³/mol. The second-order valence-corrected chi connectivity index (χ2v) is 7.00. The number of carbonyl (C=O) groups excluding carboxylic acids is 3. The maximum atomic E-state index is 12.4. The Kier molecular flexibility index (Phi) is 6.41. The summed E-state index contributed by atoms with van der Waals surface area (Å²) in [4.78, 5) is 48.5. The number of carbonyl (C=O) groups is 3. The van der Waals surface area contributed by atoms with Gasteiger partial charge in [-0.15, -0.1) is 0 Å². The highest BCUT2D eigenvalue weighted by Crippen LogP contribution is 2.29. The minimum Gasteiger partial charge on any atom is -0.455 e. The fraction of sp³-hybridized carbons (Fsp3) is 0.286. The van der Waals surface area contributed by atoms with Gasteiger partial charge in [-0.25, -0.2) is 0 Å². The van der Waals surface area contributed by atoms with Crippen LogP contribution in [0.5, 0.6) is 0 Å². The Balaban J connectivity index is 1.51. The van der Waals surface area contributed by atoms with Gasteiger partial charge in [0.1, 0.15) is 0 Å². The molecule has 1 N–H and O–H groups in total. The summed E-state index contributed by atoms with van der Waals surface area (Å²) < 4.78 is 5.06. The first kappa shape index (κ1) is 21.0. The second-order valence-electron chi connectivity index (χ2n) is 7.00. The van der Waals surface area contributed by atoms with Gasteiger partial charge in [0.2, 0.25) is 5.91 Å². The second kappa shape index (κ2) is 9.17. The molecule has 0 unspecified atom stereocenters. The van der Waals surface area contributed by atoms with Crippen LogP contribution in [0.3, 0.4) is 0 Å². The van der Waals surface area contributed by atoms with Gasteiger partial charge in [0.15, 0.2) is 6.61 Å². The number of likely N-dealkylation sites (tertiary alicyclic amines) is 1. The number of anilines is 1. The van der Waals surface area contributed by atoms with E-state index < -0.39 is 29.3 Å². The van der Waals surface area contributed by atoms with Crippen molar-refractivity contribution < 1.29 is 24.0 Å². The van der Waals surface area contributed by atoms with Crippen LogP contribution in [-0.2, 0) is 19.1 Å². The van der Waals surface area contributed by atoms with E-state index in [1.807, 2.05) is 37.3 Å². The lowest BCUT2D eigenvalue weighted by Gasteiger charge is -2.25. The molecule has 9 heteroatoms. The summed E-state index contributed by atoms with van der Waals surface area (Å²) in [7, 11) is 0. The minimum atomic E-state index is -0.644. The number of benzene rings is 2. The molecule has 2 aromatic carbocycles. The van der Waals surface area contributed by atoms with Gasteiger partial charge in [0, 0.05) is 30.8 Å². The Morgan fingerprint density at radius 1 is 1.23 bits per heavy atom. The molecule has 1 aliphatic heterocycles. The van der Waals surface area contributed by atoms with E-state index in [1.54, 1.807) is 4.90 Å². The van der Waals surface area contributed by atoms with E-state index in [9.17, 15) is 24.5 Å². The van der Waals surface area contributed by atoms with Gasteiger partial charge in [-0.2, -0.15) is 0 Å². The van der Waals surface area contributed by atoms with Gasteiger partial charge in [-0.05, 0) is 18.6 Å². The number of non-ortho nitro benzene ring substituents is 1. The van der Waals surface area contributed by atoms with Gasteiger partial charge in [-0.1, -0.05) is 36.4 Å². The van der Waals surface area contributed by atoms with Crippen LogP contribution in [0.15, 0.2) is 54.6 Å². The monoisotopic (exact) mass is 411 g/mol. The molecule has 0 radical (unpaired) electrons. The van der Waals surface area contributed by atoms with Crippen LogP contribution in [-0.4, -0.2) is 40.8 Å². The van der Waals surface area contributed by atoms with Crippen molar-refractivity contribution in [3.63, 3.8) is 0 Å².